The van der Waals surface area contributed by atoms with E-state index in [1.54, 1.807) is 12.1 Å². The van der Waals surface area contributed by atoms with Crippen molar-refractivity contribution in [3.05, 3.63) is 52.8 Å². The van der Waals surface area contributed by atoms with Crippen molar-refractivity contribution in [2.24, 2.45) is 0 Å². The Kier molecular flexibility index (Phi) is 3.43. The lowest BCUT2D eigenvalue weighted by atomic mass is 10.2. The Bertz CT molecular complexity index is 527. The molecule has 1 N–H and O–H groups in total. The zero-order valence-corrected chi connectivity index (χ0v) is 10.1. The van der Waals surface area contributed by atoms with Gasteiger partial charge in [0.15, 0.2) is 0 Å². The predicted octanol–water partition coefficient (Wildman–Crippen LogP) is 2.63. The van der Waals surface area contributed by atoms with Crippen LogP contribution < -0.4 is 5.32 Å². The van der Waals surface area contributed by atoms with Crippen LogP contribution in [-0.4, -0.2) is 15.9 Å². The molecule has 2 rings (SSSR count). The number of hydrogen-bond donors (Lipinski definition) is 1. The third kappa shape index (κ3) is 3.07. The summed E-state index contributed by atoms with van der Waals surface area (Å²) >= 11 is 3.17. The number of aromatic nitrogens is 2. The summed E-state index contributed by atoms with van der Waals surface area (Å²) in [7, 11) is 0. The molecule has 0 aliphatic carbocycles. The molecule has 0 unspecified atom stereocenters. The molecule has 0 atom stereocenters. The molecule has 1 amide bonds. The Hall–Kier alpha value is -1.82. The normalized spacial score (nSPS) is 10.0. The number of nitrogens with zero attached hydrogens (tertiary/aromatic N) is 2. The van der Waals surface area contributed by atoms with Crippen molar-refractivity contribution in [3.63, 3.8) is 0 Å². The zero-order valence-electron chi connectivity index (χ0n) is 8.52. The van der Waals surface area contributed by atoms with E-state index in [1.165, 1.54) is 24.5 Å². The second-order valence-corrected chi connectivity index (χ2v) is 4.01. The van der Waals surface area contributed by atoms with E-state index in [9.17, 15) is 9.18 Å². The molecule has 0 spiro atoms. The predicted molar refractivity (Wildman–Crippen MR) is 64.1 cm³/mol. The van der Waals surface area contributed by atoms with Crippen LogP contribution in [0.25, 0.3) is 0 Å². The summed E-state index contributed by atoms with van der Waals surface area (Å²) < 4.78 is 13.2. The Morgan fingerprint density at radius 3 is 2.59 bits per heavy atom. The fraction of sp³-hybridized carbons (Fsp3) is 0. The topological polar surface area (TPSA) is 54.9 Å². The summed E-state index contributed by atoms with van der Waals surface area (Å²) in [5.74, 6) is -0.910. The van der Waals surface area contributed by atoms with Crippen LogP contribution in [0.15, 0.2) is 41.3 Å². The number of carbonyl (C=O) groups excluding carboxylic acids is 1. The van der Waals surface area contributed by atoms with Crippen LogP contribution in [0, 0.1) is 5.95 Å². The molecule has 0 bridgehead atoms. The summed E-state index contributed by atoms with van der Waals surface area (Å²) in [5, 5.41) is 2.58. The van der Waals surface area contributed by atoms with E-state index in [0.717, 1.165) is 0 Å². The van der Waals surface area contributed by atoms with E-state index in [-0.39, 0.29) is 5.91 Å². The lowest BCUT2D eigenvalue weighted by Crippen LogP contribution is -2.12. The average Bonchev–Trinajstić information content (AvgIpc) is 2.33. The van der Waals surface area contributed by atoms with Crippen LogP contribution in [-0.2, 0) is 0 Å². The fourth-order valence-corrected chi connectivity index (χ4v) is 1.40. The SMILES string of the molecule is O=C(Nc1ccc(F)nc1)c1ccc(Br)nc1. The molecule has 0 fully saturated rings. The smallest absolute Gasteiger partial charge is 0.257 e. The van der Waals surface area contributed by atoms with Crippen LogP contribution >= 0.6 is 15.9 Å². The molecule has 0 saturated heterocycles. The third-order valence-corrected chi connectivity index (χ3v) is 2.44. The molecule has 6 heteroatoms. The van der Waals surface area contributed by atoms with Gasteiger partial charge in [0.25, 0.3) is 5.91 Å². The van der Waals surface area contributed by atoms with Gasteiger partial charge in [-0.25, -0.2) is 9.97 Å². The maximum absolute atomic E-state index is 12.6. The van der Waals surface area contributed by atoms with E-state index in [1.807, 2.05) is 0 Å². The summed E-state index contributed by atoms with van der Waals surface area (Å²) in [6, 6.07) is 5.91. The summed E-state index contributed by atoms with van der Waals surface area (Å²) in [6.07, 6.45) is 2.69. The van der Waals surface area contributed by atoms with Crippen molar-refractivity contribution in [1.29, 1.82) is 0 Å². The molecule has 0 radical (unpaired) electrons. The van der Waals surface area contributed by atoms with Crippen molar-refractivity contribution in [2.45, 2.75) is 0 Å². The second-order valence-electron chi connectivity index (χ2n) is 3.19. The van der Waals surface area contributed by atoms with E-state index >= 15 is 0 Å². The first-order valence-corrected chi connectivity index (χ1v) is 5.49. The zero-order chi connectivity index (χ0) is 12.3. The number of pyridine rings is 2. The number of amides is 1. The molecule has 0 saturated carbocycles. The molecule has 0 aliphatic heterocycles. The molecule has 86 valence electrons. The first kappa shape index (κ1) is 11.7. The van der Waals surface area contributed by atoms with Gasteiger partial charge in [-0.15, -0.1) is 0 Å². The molecule has 0 aliphatic rings. The number of nitrogens with one attached hydrogen (secondary N) is 1. The number of anilines is 1. The van der Waals surface area contributed by atoms with E-state index in [4.69, 9.17) is 0 Å². The quantitative estimate of drug-likeness (QED) is 0.867. The lowest BCUT2D eigenvalue weighted by Gasteiger charge is -2.04. The molecule has 2 aromatic heterocycles. The van der Waals surface area contributed by atoms with Gasteiger partial charge in [0.1, 0.15) is 4.60 Å². The van der Waals surface area contributed by atoms with Gasteiger partial charge in [0, 0.05) is 6.20 Å². The number of rotatable bonds is 2. The van der Waals surface area contributed by atoms with Gasteiger partial charge < -0.3 is 5.32 Å². The maximum atomic E-state index is 12.6. The summed E-state index contributed by atoms with van der Waals surface area (Å²) in [6.45, 7) is 0. The fourth-order valence-electron chi connectivity index (χ4n) is 1.16. The highest BCUT2D eigenvalue weighted by Gasteiger charge is 2.06. The van der Waals surface area contributed by atoms with Crippen molar-refractivity contribution in [1.82, 2.24) is 9.97 Å². The van der Waals surface area contributed by atoms with Gasteiger partial charge in [0.2, 0.25) is 5.95 Å². The summed E-state index contributed by atoms with van der Waals surface area (Å²) in [5.41, 5.74) is 0.844. The Morgan fingerprint density at radius 1 is 1.18 bits per heavy atom. The Balaban J connectivity index is 2.11. The number of carbonyl (C=O) groups is 1. The lowest BCUT2D eigenvalue weighted by molar-refractivity contribution is 0.102. The molecule has 0 aromatic carbocycles. The van der Waals surface area contributed by atoms with Crippen LogP contribution in [0.4, 0.5) is 10.1 Å². The number of hydrogen-bond acceptors (Lipinski definition) is 3. The van der Waals surface area contributed by atoms with Gasteiger partial charge in [-0.2, -0.15) is 4.39 Å². The first-order valence-electron chi connectivity index (χ1n) is 4.69. The van der Waals surface area contributed by atoms with Gasteiger partial charge >= 0.3 is 0 Å². The monoisotopic (exact) mass is 295 g/mol. The van der Waals surface area contributed by atoms with E-state index in [0.29, 0.717) is 15.9 Å². The van der Waals surface area contributed by atoms with Gasteiger partial charge in [-0.3, -0.25) is 4.79 Å². The molecule has 2 aromatic rings. The van der Waals surface area contributed by atoms with Crippen molar-refractivity contribution in [3.8, 4) is 0 Å². The van der Waals surface area contributed by atoms with E-state index in [2.05, 4.69) is 31.2 Å². The summed E-state index contributed by atoms with van der Waals surface area (Å²) in [4.78, 5) is 19.1. The molecule has 2 heterocycles. The standard InChI is InChI=1S/C11H7BrFN3O/c12-9-3-1-7(5-14-9)11(17)16-8-2-4-10(13)15-6-8/h1-6H,(H,16,17). The van der Waals surface area contributed by atoms with Crippen molar-refractivity contribution in [2.75, 3.05) is 5.32 Å². The highest BCUT2D eigenvalue weighted by molar-refractivity contribution is 9.10. The first-order chi connectivity index (χ1) is 8.15. The third-order valence-electron chi connectivity index (χ3n) is 1.97. The van der Waals surface area contributed by atoms with Crippen LogP contribution in [0.5, 0.6) is 0 Å². The van der Waals surface area contributed by atoms with Crippen LogP contribution in [0.2, 0.25) is 0 Å². The molecule has 17 heavy (non-hydrogen) atoms. The van der Waals surface area contributed by atoms with Crippen LogP contribution in [0.1, 0.15) is 10.4 Å². The second kappa shape index (κ2) is 5.01. The minimum Gasteiger partial charge on any atom is -0.321 e. The highest BCUT2D eigenvalue weighted by atomic mass is 79.9. The van der Waals surface area contributed by atoms with Crippen molar-refractivity contribution >= 4 is 27.5 Å². The minimum absolute atomic E-state index is 0.321. The number of halogens is 2. The molecular weight excluding hydrogens is 289 g/mol. The van der Waals surface area contributed by atoms with Crippen molar-refractivity contribution < 1.29 is 9.18 Å². The Morgan fingerprint density at radius 2 is 2.00 bits per heavy atom. The van der Waals surface area contributed by atoms with E-state index < -0.39 is 5.95 Å². The average molecular weight is 296 g/mol. The van der Waals surface area contributed by atoms with Gasteiger partial charge in [0.05, 0.1) is 17.4 Å². The van der Waals surface area contributed by atoms with Gasteiger partial charge in [-0.1, -0.05) is 0 Å². The largest absolute Gasteiger partial charge is 0.321 e. The Labute approximate surface area is 105 Å². The molecule has 4 nitrogen and oxygen atoms in total. The van der Waals surface area contributed by atoms with Gasteiger partial charge in [-0.05, 0) is 40.2 Å². The highest BCUT2D eigenvalue weighted by Crippen LogP contribution is 2.10. The molecular formula is C11H7BrFN3O. The maximum Gasteiger partial charge on any atom is 0.257 e. The van der Waals surface area contributed by atoms with Crippen LogP contribution in [0.3, 0.4) is 0 Å². The minimum atomic E-state index is -0.590.